The highest BCUT2D eigenvalue weighted by Gasteiger charge is 2.23. The van der Waals surface area contributed by atoms with E-state index in [1.807, 2.05) is 30.3 Å². The van der Waals surface area contributed by atoms with Crippen molar-refractivity contribution in [3.05, 3.63) is 36.0 Å². The van der Waals surface area contributed by atoms with Gasteiger partial charge in [-0.05, 0) is 18.1 Å². The topological polar surface area (TPSA) is 54.8 Å². The largest absolute Gasteiger partial charge is 0.453 e. The van der Waals surface area contributed by atoms with Crippen LogP contribution < -0.4 is 0 Å². The molecule has 128 valence electrons. The van der Waals surface area contributed by atoms with Crippen LogP contribution in [0.1, 0.15) is 12.0 Å². The van der Waals surface area contributed by atoms with Gasteiger partial charge >= 0.3 is 6.09 Å². The summed E-state index contributed by atoms with van der Waals surface area (Å²) in [5.74, 6) is 0.109. The molecule has 6 nitrogen and oxygen atoms in total. The molecule has 1 aromatic carbocycles. The number of benzene rings is 1. The fourth-order valence-corrected chi connectivity index (χ4v) is 3.32. The van der Waals surface area contributed by atoms with Crippen molar-refractivity contribution in [2.45, 2.75) is 12.8 Å². The van der Waals surface area contributed by atoms with Gasteiger partial charge in [-0.25, -0.2) is 4.79 Å². The summed E-state index contributed by atoms with van der Waals surface area (Å²) in [5.41, 5.74) is 2.18. The zero-order chi connectivity index (χ0) is 17.1. The lowest BCUT2D eigenvalue weighted by Gasteiger charge is -2.21. The highest BCUT2D eigenvalue weighted by atomic mass is 16.5. The van der Waals surface area contributed by atoms with E-state index < -0.39 is 0 Å². The molecule has 0 spiro atoms. The fraction of sp³-hybridized carbons (Fsp3) is 0.444. The van der Waals surface area contributed by atoms with Gasteiger partial charge in [0.05, 0.1) is 13.5 Å². The maximum absolute atomic E-state index is 12.7. The highest BCUT2D eigenvalue weighted by Crippen LogP contribution is 2.21. The molecule has 2 heterocycles. The summed E-state index contributed by atoms with van der Waals surface area (Å²) in [6.07, 6.45) is 2.87. The van der Waals surface area contributed by atoms with Gasteiger partial charge in [-0.2, -0.15) is 0 Å². The van der Waals surface area contributed by atoms with Crippen molar-refractivity contribution in [1.29, 1.82) is 0 Å². The number of carbonyl (C=O) groups excluding carboxylic acids is 2. The third-order valence-corrected chi connectivity index (χ3v) is 4.60. The van der Waals surface area contributed by atoms with Gasteiger partial charge in [0.2, 0.25) is 5.91 Å². The second-order valence-electron chi connectivity index (χ2n) is 6.15. The van der Waals surface area contributed by atoms with E-state index in [4.69, 9.17) is 4.74 Å². The van der Waals surface area contributed by atoms with Gasteiger partial charge in [0.1, 0.15) is 0 Å². The van der Waals surface area contributed by atoms with Gasteiger partial charge in [0.25, 0.3) is 0 Å². The Labute approximate surface area is 141 Å². The van der Waals surface area contributed by atoms with Crippen LogP contribution in [0.4, 0.5) is 4.79 Å². The number of fused-ring (bicyclic) bond motifs is 1. The van der Waals surface area contributed by atoms with Crippen LogP contribution >= 0.6 is 0 Å². The van der Waals surface area contributed by atoms with Gasteiger partial charge in [0, 0.05) is 50.3 Å². The number of aromatic nitrogens is 1. The minimum Gasteiger partial charge on any atom is -0.453 e. The smallest absolute Gasteiger partial charge is 0.409 e. The molecule has 1 aliphatic heterocycles. The van der Waals surface area contributed by atoms with E-state index in [-0.39, 0.29) is 12.0 Å². The molecule has 2 amide bonds. The first-order chi connectivity index (χ1) is 11.6. The molecule has 1 fully saturated rings. The van der Waals surface area contributed by atoms with Crippen molar-refractivity contribution in [1.82, 2.24) is 14.4 Å². The number of methoxy groups -OCH3 is 1. The summed E-state index contributed by atoms with van der Waals surface area (Å²) < 4.78 is 6.82. The van der Waals surface area contributed by atoms with E-state index in [0.29, 0.717) is 32.6 Å². The normalized spacial score (nSPS) is 15.4. The Balaban J connectivity index is 1.69. The lowest BCUT2D eigenvalue weighted by molar-refractivity contribution is -0.130. The molecular weight excluding hydrogens is 306 g/mol. The van der Waals surface area contributed by atoms with E-state index in [9.17, 15) is 9.59 Å². The van der Waals surface area contributed by atoms with Crippen molar-refractivity contribution in [3.63, 3.8) is 0 Å². The second kappa shape index (κ2) is 6.95. The molecule has 1 aliphatic rings. The number of hydrogen-bond donors (Lipinski definition) is 0. The molecule has 0 bridgehead atoms. The number of para-hydroxylation sites is 1. The number of aryl methyl sites for hydroxylation is 1. The van der Waals surface area contributed by atoms with Gasteiger partial charge in [-0.15, -0.1) is 0 Å². The summed E-state index contributed by atoms with van der Waals surface area (Å²) in [4.78, 5) is 27.8. The SMILES string of the molecule is COC(=O)N1CCCN(C(=O)Cc2cn(C)c3ccccc23)CC1. The highest BCUT2D eigenvalue weighted by molar-refractivity contribution is 5.89. The molecule has 6 heteroatoms. The average Bonchev–Trinajstić information content (AvgIpc) is 2.79. The molecule has 0 aliphatic carbocycles. The van der Waals surface area contributed by atoms with Crippen LogP contribution in [0.5, 0.6) is 0 Å². The number of nitrogens with zero attached hydrogens (tertiary/aromatic N) is 3. The molecular formula is C18H23N3O3. The van der Waals surface area contributed by atoms with Crippen LogP contribution in [-0.4, -0.2) is 59.7 Å². The van der Waals surface area contributed by atoms with E-state index in [2.05, 4.69) is 16.7 Å². The van der Waals surface area contributed by atoms with Crippen molar-refractivity contribution >= 4 is 22.9 Å². The van der Waals surface area contributed by atoms with Crippen molar-refractivity contribution in [2.24, 2.45) is 7.05 Å². The quantitative estimate of drug-likeness (QED) is 0.847. The third-order valence-electron chi connectivity index (χ3n) is 4.60. The lowest BCUT2D eigenvalue weighted by atomic mass is 10.1. The maximum Gasteiger partial charge on any atom is 0.409 e. The van der Waals surface area contributed by atoms with E-state index in [0.717, 1.165) is 22.9 Å². The van der Waals surface area contributed by atoms with Crippen LogP contribution in [0, 0.1) is 0 Å². The third kappa shape index (κ3) is 3.22. The van der Waals surface area contributed by atoms with Crippen LogP contribution in [0.3, 0.4) is 0 Å². The summed E-state index contributed by atoms with van der Waals surface area (Å²) >= 11 is 0. The first-order valence-corrected chi connectivity index (χ1v) is 8.23. The molecule has 0 atom stereocenters. The summed E-state index contributed by atoms with van der Waals surface area (Å²) in [6, 6.07) is 8.11. The van der Waals surface area contributed by atoms with E-state index in [1.165, 1.54) is 7.11 Å². The Morgan fingerprint density at radius 3 is 2.58 bits per heavy atom. The Morgan fingerprint density at radius 1 is 1.08 bits per heavy atom. The Morgan fingerprint density at radius 2 is 1.79 bits per heavy atom. The van der Waals surface area contributed by atoms with Gasteiger partial charge in [0.15, 0.2) is 0 Å². The van der Waals surface area contributed by atoms with Crippen LogP contribution in [0.15, 0.2) is 30.5 Å². The average molecular weight is 329 g/mol. The first-order valence-electron chi connectivity index (χ1n) is 8.23. The number of amides is 2. The first kappa shape index (κ1) is 16.4. The van der Waals surface area contributed by atoms with Crippen LogP contribution in [0.25, 0.3) is 10.9 Å². The van der Waals surface area contributed by atoms with Gasteiger partial charge in [-0.3, -0.25) is 4.79 Å². The molecule has 3 rings (SSSR count). The van der Waals surface area contributed by atoms with Crippen molar-refractivity contribution < 1.29 is 14.3 Å². The van der Waals surface area contributed by atoms with Gasteiger partial charge in [-0.1, -0.05) is 18.2 Å². The lowest BCUT2D eigenvalue weighted by Crippen LogP contribution is -2.37. The minimum absolute atomic E-state index is 0.109. The second-order valence-corrected chi connectivity index (χ2v) is 6.15. The summed E-state index contributed by atoms with van der Waals surface area (Å²) in [5, 5.41) is 1.12. The van der Waals surface area contributed by atoms with E-state index >= 15 is 0 Å². The molecule has 0 unspecified atom stereocenters. The molecule has 24 heavy (non-hydrogen) atoms. The standard InChI is InChI=1S/C18H23N3O3/c1-19-13-14(15-6-3-4-7-16(15)19)12-17(22)20-8-5-9-21(11-10-20)18(23)24-2/h3-4,6-7,13H,5,8-12H2,1-2H3. The van der Waals surface area contributed by atoms with E-state index in [1.54, 1.807) is 4.90 Å². The molecule has 2 aromatic rings. The monoisotopic (exact) mass is 329 g/mol. The zero-order valence-corrected chi connectivity index (χ0v) is 14.2. The minimum atomic E-state index is -0.321. The number of carbonyl (C=O) groups is 2. The fourth-order valence-electron chi connectivity index (χ4n) is 3.32. The molecule has 1 saturated heterocycles. The molecule has 0 saturated carbocycles. The van der Waals surface area contributed by atoms with Crippen LogP contribution in [-0.2, 0) is 23.0 Å². The van der Waals surface area contributed by atoms with Gasteiger partial charge < -0.3 is 19.1 Å². The summed E-state index contributed by atoms with van der Waals surface area (Å²) in [7, 11) is 3.38. The Hall–Kier alpha value is -2.50. The van der Waals surface area contributed by atoms with Crippen molar-refractivity contribution in [3.8, 4) is 0 Å². The Bertz CT molecular complexity index is 753. The number of ether oxygens (including phenoxy) is 1. The maximum atomic E-state index is 12.7. The molecule has 0 radical (unpaired) electrons. The predicted molar refractivity (Wildman–Crippen MR) is 91.8 cm³/mol. The number of hydrogen-bond acceptors (Lipinski definition) is 3. The Kier molecular flexibility index (Phi) is 4.74. The predicted octanol–water partition coefficient (Wildman–Crippen LogP) is 2.02. The van der Waals surface area contributed by atoms with Crippen molar-refractivity contribution in [2.75, 3.05) is 33.3 Å². The number of rotatable bonds is 2. The molecule has 0 N–H and O–H groups in total. The summed E-state index contributed by atoms with van der Waals surface area (Å²) in [6.45, 7) is 2.38. The van der Waals surface area contributed by atoms with Crippen LogP contribution in [0.2, 0.25) is 0 Å². The zero-order valence-electron chi connectivity index (χ0n) is 14.2. The molecule has 1 aromatic heterocycles.